The summed E-state index contributed by atoms with van der Waals surface area (Å²) in [6.45, 7) is 0.844. The Labute approximate surface area is 156 Å². The summed E-state index contributed by atoms with van der Waals surface area (Å²) in [6, 6.07) is 11.6. The van der Waals surface area contributed by atoms with Crippen molar-refractivity contribution in [1.82, 2.24) is 4.72 Å². The molecule has 0 aliphatic rings. The molecule has 0 saturated heterocycles. The summed E-state index contributed by atoms with van der Waals surface area (Å²) in [4.78, 5) is 35.2. The zero-order valence-electron chi connectivity index (χ0n) is 14.7. The third-order valence-corrected chi connectivity index (χ3v) is 4.95. The fourth-order valence-electron chi connectivity index (χ4n) is 2.14. The molecule has 0 atom stereocenters. The number of benzene rings is 2. The summed E-state index contributed by atoms with van der Waals surface area (Å²) in [5.41, 5.74) is 0.830. The van der Waals surface area contributed by atoms with Gasteiger partial charge in [-0.05, 0) is 44.3 Å². The van der Waals surface area contributed by atoms with Gasteiger partial charge < -0.3 is 10.1 Å². The molecule has 27 heavy (non-hydrogen) atoms. The Kier molecular flexibility index (Phi) is 6.43. The summed E-state index contributed by atoms with van der Waals surface area (Å²) < 4.78 is 30.6. The molecule has 0 aliphatic heterocycles. The van der Waals surface area contributed by atoms with E-state index in [-0.39, 0.29) is 16.2 Å². The van der Waals surface area contributed by atoms with E-state index in [0.29, 0.717) is 11.3 Å². The number of carbonyl (C=O) groups excluding carboxylic acids is 3. The number of Topliss-reactive ketones (excluding diaryl/α,β-unsaturated/α-hetero) is 1. The lowest BCUT2D eigenvalue weighted by molar-refractivity contribution is -0.119. The van der Waals surface area contributed by atoms with Crippen LogP contribution in [0.1, 0.15) is 27.6 Å². The summed E-state index contributed by atoms with van der Waals surface area (Å²) in [6.07, 6.45) is 0. The molecule has 0 saturated carbocycles. The van der Waals surface area contributed by atoms with Crippen LogP contribution in [0.25, 0.3) is 0 Å². The molecule has 0 unspecified atom stereocenters. The molecule has 2 aromatic carbocycles. The van der Waals surface area contributed by atoms with Crippen LogP contribution in [0.5, 0.6) is 0 Å². The molecule has 0 spiro atoms. The topological polar surface area (TPSA) is 119 Å². The summed E-state index contributed by atoms with van der Waals surface area (Å²) in [5.74, 6) is -1.58. The number of ketones is 1. The van der Waals surface area contributed by atoms with Crippen molar-refractivity contribution in [2.45, 2.75) is 11.8 Å². The van der Waals surface area contributed by atoms with Crippen molar-refractivity contribution in [3.8, 4) is 0 Å². The molecule has 0 aromatic heterocycles. The molecule has 0 aliphatic carbocycles. The van der Waals surface area contributed by atoms with Gasteiger partial charge in [0.05, 0.1) is 10.5 Å². The Morgan fingerprint density at radius 2 is 1.67 bits per heavy atom. The summed E-state index contributed by atoms with van der Waals surface area (Å²) in [7, 11) is -2.45. The molecule has 2 aromatic rings. The van der Waals surface area contributed by atoms with Gasteiger partial charge in [-0.3, -0.25) is 9.59 Å². The third-order valence-electron chi connectivity index (χ3n) is 3.54. The van der Waals surface area contributed by atoms with E-state index in [2.05, 4.69) is 10.0 Å². The lowest BCUT2D eigenvalue weighted by Crippen LogP contribution is -2.22. The number of hydrogen-bond acceptors (Lipinski definition) is 6. The van der Waals surface area contributed by atoms with Crippen LogP contribution in [-0.2, 0) is 19.6 Å². The van der Waals surface area contributed by atoms with Gasteiger partial charge in [-0.25, -0.2) is 17.9 Å². The van der Waals surface area contributed by atoms with Crippen molar-refractivity contribution in [2.75, 3.05) is 19.0 Å². The lowest BCUT2D eigenvalue weighted by Gasteiger charge is -2.08. The number of hydrogen-bond donors (Lipinski definition) is 2. The first-order valence-corrected chi connectivity index (χ1v) is 9.33. The van der Waals surface area contributed by atoms with Crippen LogP contribution in [0.2, 0.25) is 0 Å². The Balaban J connectivity index is 1.99. The average molecular weight is 390 g/mol. The number of nitrogens with one attached hydrogen (secondary N) is 2. The number of sulfonamides is 1. The van der Waals surface area contributed by atoms with E-state index in [0.717, 1.165) is 6.07 Å². The molecule has 0 bridgehead atoms. The molecule has 8 nitrogen and oxygen atoms in total. The SMILES string of the molecule is CNS(=O)(=O)c1cccc(C(=O)OCC(=O)Nc2cccc(C(C)=O)c2)c1. The van der Waals surface area contributed by atoms with Crippen molar-refractivity contribution in [3.63, 3.8) is 0 Å². The second-order valence-electron chi connectivity index (χ2n) is 5.50. The predicted molar refractivity (Wildman–Crippen MR) is 98.0 cm³/mol. The molecule has 142 valence electrons. The van der Waals surface area contributed by atoms with E-state index in [4.69, 9.17) is 4.74 Å². The minimum Gasteiger partial charge on any atom is -0.452 e. The van der Waals surface area contributed by atoms with Crippen molar-refractivity contribution in [2.24, 2.45) is 0 Å². The van der Waals surface area contributed by atoms with Crippen LogP contribution in [0.4, 0.5) is 5.69 Å². The number of esters is 1. The van der Waals surface area contributed by atoms with Crippen LogP contribution in [-0.4, -0.2) is 39.7 Å². The predicted octanol–water partition coefficient (Wildman–Crippen LogP) is 1.59. The Bertz CT molecular complexity index is 985. The van der Waals surface area contributed by atoms with Crippen molar-refractivity contribution >= 4 is 33.4 Å². The highest BCUT2D eigenvalue weighted by Gasteiger charge is 2.16. The number of carbonyl (C=O) groups is 3. The molecule has 2 rings (SSSR count). The van der Waals surface area contributed by atoms with E-state index in [9.17, 15) is 22.8 Å². The maximum Gasteiger partial charge on any atom is 0.338 e. The minimum absolute atomic E-state index is 0.00213. The average Bonchev–Trinajstić information content (AvgIpc) is 2.66. The molecule has 9 heteroatoms. The van der Waals surface area contributed by atoms with Gasteiger partial charge in [-0.15, -0.1) is 0 Å². The second-order valence-corrected chi connectivity index (χ2v) is 7.38. The fourth-order valence-corrected chi connectivity index (χ4v) is 2.91. The molecule has 0 radical (unpaired) electrons. The van der Waals surface area contributed by atoms with E-state index in [1.54, 1.807) is 18.2 Å². The first-order valence-electron chi connectivity index (χ1n) is 7.84. The van der Waals surface area contributed by atoms with E-state index >= 15 is 0 Å². The third kappa shape index (κ3) is 5.47. The highest BCUT2D eigenvalue weighted by atomic mass is 32.2. The quantitative estimate of drug-likeness (QED) is 0.547. The first kappa shape index (κ1) is 20.3. The van der Waals surface area contributed by atoms with Gasteiger partial charge in [0.15, 0.2) is 12.4 Å². The van der Waals surface area contributed by atoms with E-state index in [1.165, 1.54) is 38.2 Å². The Morgan fingerprint density at radius 1 is 1.00 bits per heavy atom. The fraction of sp³-hybridized carbons (Fsp3) is 0.167. The van der Waals surface area contributed by atoms with Gasteiger partial charge in [0.1, 0.15) is 0 Å². The van der Waals surface area contributed by atoms with Gasteiger partial charge in [0, 0.05) is 11.3 Å². The standard InChI is InChI=1S/C18H18N2O6S/c1-12(21)13-5-3-7-15(9-13)20-17(22)11-26-18(23)14-6-4-8-16(10-14)27(24,25)19-2/h3-10,19H,11H2,1-2H3,(H,20,22). The van der Waals surface area contributed by atoms with Gasteiger partial charge in [-0.2, -0.15) is 0 Å². The van der Waals surface area contributed by atoms with Crippen LogP contribution in [0.15, 0.2) is 53.4 Å². The van der Waals surface area contributed by atoms with Crippen molar-refractivity contribution < 1.29 is 27.5 Å². The van der Waals surface area contributed by atoms with Crippen molar-refractivity contribution in [1.29, 1.82) is 0 Å². The second kappa shape index (κ2) is 8.56. The summed E-state index contributed by atoms with van der Waals surface area (Å²) >= 11 is 0. The highest BCUT2D eigenvalue weighted by molar-refractivity contribution is 7.89. The molecule has 2 N–H and O–H groups in total. The lowest BCUT2D eigenvalue weighted by atomic mass is 10.1. The van der Waals surface area contributed by atoms with Crippen LogP contribution >= 0.6 is 0 Å². The van der Waals surface area contributed by atoms with Crippen molar-refractivity contribution in [3.05, 3.63) is 59.7 Å². The number of ether oxygens (including phenoxy) is 1. The van der Waals surface area contributed by atoms with Crippen LogP contribution < -0.4 is 10.0 Å². The van der Waals surface area contributed by atoms with Crippen LogP contribution in [0.3, 0.4) is 0 Å². The van der Waals surface area contributed by atoms with E-state index < -0.39 is 28.5 Å². The zero-order chi connectivity index (χ0) is 20.0. The van der Waals surface area contributed by atoms with Gasteiger partial charge in [0.2, 0.25) is 10.0 Å². The smallest absolute Gasteiger partial charge is 0.338 e. The van der Waals surface area contributed by atoms with E-state index in [1.807, 2.05) is 0 Å². The van der Waals surface area contributed by atoms with Gasteiger partial charge in [-0.1, -0.05) is 18.2 Å². The van der Waals surface area contributed by atoms with Crippen LogP contribution in [0, 0.1) is 0 Å². The normalized spacial score (nSPS) is 10.9. The Morgan fingerprint density at radius 3 is 2.33 bits per heavy atom. The largest absolute Gasteiger partial charge is 0.452 e. The molecule has 0 fully saturated rings. The Hall–Kier alpha value is -3.04. The maximum absolute atomic E-state index is 12.1. The number of anilines is 1. The summed E-state index contributed by atoms with van der Waals surface area (Å²) in [5, 5.41) is 2.51. The minimum atomic E-state index is -3.70. The maximum atomic E-state index is 12.1. The molecular formula is C18H18N2O6S. The number of amides is 1. The molecule has 0 heterocycles. The monoisotopic (exact) mass is 390 g/mol. The zero-order valence-corrected chi connectivity index (χ0v) is 15.5. The van der Waals surface area contributed by atoms with Gasteiger partial charge >= 0.3 is 5.97 Å². The molecular weight excluding hydrogens is 372 g/mol. The first-order chi connectivity index (χ1) is 12.7. The number of rotatable bonds is 7. The molecule has 1 amide bonds. The van der Waals surface area contributed by atoms with Gasteiger partial charge in [0.25, 0.3) is 5.91 Å². The highest BCUT2D eigenvalue weighted by Crippen LogP contribution is 2.13.